The average Bonchev–Trinajstić information content (AvgIpc) is 3.02. The van der Waals surface area contributed by atoms with Crippen LogP contribution < -0.4 is 0 Å². The van der Waals surface area contributed by atoms with Gasteiger partial charge in [0.25, 0.3) is 0 Å². The molecule has 0 N–H and O–H groups in total. The van der Waals surface area contributed by atoms with E-state index in [9.17, 15) is 9.59 Å². The second-order valence-electron chi connectivity index (χ2n) is 12.0. The third-order valence-electron chi connectivity index (χ3n) is 6.45. The van der Waals surface area contributed by atoms with E-state index in [-0.39, 0.29) is 25.0 Å². The van der Waals surface area contributed by atoms with E-state index < -0.39 is 5.60 Å². The molecule has 47 heavy (non-hydrogen) atoms. The van der Waals surface area contributed by atoms with Crippen molar-refractivity contribution in [2.75, 3.05) is 112 Å². The third-order valence-corrected chi connectivity index (χ3v) is 6.45. The Bertz CT molecular complexity index is 671. The van der Waals surface area contributed by atoms with E-state index in [0.717, 1.165) is 12.8 Å². The standard InChI is InChI=1S/C35H68O12/c1-5-6-7-8-9-10-11-12-13-14-33(36)46-32-31-45-30-29-44-28-27-43-26-25-42-24-23-41-22-21-40-20-19-39-18-17-38-16-15-34(37)47-35(2,3)4/h5-32H2,1-4H3. The van der Waals surface area contributed by atoms with E-state index in [1.807, 2.05) is 20.8 Å². The fourth-order valence-corrected chi connectivity index (χ4v) is 4.06. The van der Waals surface area contributed by atoms with E-state index in [1.165, 1.54) is 44.9 Å². The van der Waals surface area contributed by atoms with Crippen LogP contribution in [0.1, 0.15) is 98.3 Å². The van der Waals surface area contributed by atoms with E-state index >= 15 is 0 Å². The van der Waals surface area contributed by atoms with Gasteiger partial charge in [0.1, 0.15) is 12.2 Å². The maximum Gasteiger partial charge on any atom is 0.308 e. The zero-order chi connectivity index (χ0) is 34.5. The van der Waals surface area contributed by atoms with Crippen LogP contribution in [0, 0.1) is 0 Å². The monoisotopic (exact) mass is 680 g/mol. The first-order valence-corrected chi connectivity index (χ1v) is 17.8. The molecule has 12 nitrogen and oxygen atoms in total. The third kappa shape index (κ3) is 40.7. The van der Waals surface area contributed by atoms with Gasteiger partial charge in [-0.1, -0.05) is 58.3 Å². The maximum atomic E-state index is 11.8. The van der Waals surface area contributed by atoms with Crippen molar-refractivity contribution >= 4 is 11.9 Å². The van der Waals surface area contributed by atoms with E-state index in [2.05, 4.69) is 6.92 Å². The van der Waals surface area contributed by atoms with E-state index in [1.54, 1.807) is 0 Å². The fraction of sp³-hybridized carbons (Fsp3) is 0.943. The van der Waals surface area contributed by atoms with Gasteiger partial charge in [0.05, 0.1) is 112 Å². The molecular weight excluding hydrogens is 612 g/mol. The number of ether oxygens (including phenoxy) is 10. The van der Waals surface area contributed by atoms with E-state index in [4.69, 9.17) is 47.4 Å². The lowest BCUT2D eigenvalue weighted by atomic mass is 10.1. The van der Waals surface area contributed by atoms with Crippen molar-refractivity contribution < 1.29 is 57.0 Å². The molecule has 0 bridgehead atoms. The number of hydrogen-bond donors (Lipinski definition) is 0. The Kier molecular flexibility index (Phi) is 34.9. The number of rotatable bonds is 37. The van der Waals surface area contributed by atoms with Gasteiger partial charge in [0.15, 0.2) is 0 Å². The molecule has 0 amide bonds. The lowest BCUT2D eigenvalue weighted by Gasteiger charge is -2.19. The Morgan fingerprint density at radius 1 is 0.383 bits per heavy atom. The van der Waals surface area contributed by atoms with E-state index in [0.29, 0.717) is 112 Å². The Labute approximate surface area is 285 Å². The summed E-state index contributed by atoms with van der Waals surface area (Å²) in [6, 6.07) is 0. The fourth-order valence-electron chi connectivity index (χ4n) is 4.06. The minimum Gasteiger partial charge on any atom is -0.463 e. The molecule has 0 aliphatic rings. The zero-order valence-corrected chi connectivity index (χ0v) is 30.2. The van der Waals surface area contributed by atoms with Crippen LogP contribution in [0.3, 0.4) is 0 Å². The van der Waals surface area contributed by atoms with Crippen LogP contribution in [0.15, 0.2) is 0 Å². The Hall–Kier alpha value is -1.38. The summed E-state index contributed by atoms with van der Waals surface area (Å²) >= 11 is 0. The van der Waals surface area contributed by atoms with Crippen LogP contribution in [0.4, 0.5) is 0 Å². The normalized spacial score (nSPS) is 11.7. The highest BCUT2D eigenvalue weighted by Crippen LogP contribution is 2.11. The largest absolute Gasteiger partial charge is 0.463 e. The van der Waals surface area contributed by atoms with Crippen molar-refractivity contribution in [1.82, 2.24) is 0 Å². The molecule has 0 unspecified atom stereocenters. The van der Waals surface area contributed by atoms with Gasteiger partial charge in [-0.3, -0.25) is 9.59 Å². The summed E-state index contributed by atoms with van der Waals surface area (Å²) in [5, 5.41) is 0. The predicted molar refractivity (Wildman–Crippen MR) is 180 cm³/mol. The summed E-state index contributed by atoms with van der Waals surface area (Å²) in [6.07, 6.45) is 11.8. The van der Waals surface area contributed by atoms with Crippen molar-refractivity contribution in [3.8, 4) is 0 Å². The number of carbonyl (C=O) groups excluding carboxylic acids is 2. The lowest BCUT2D eigenvalue weighted by Crippen LogP contribution is -2.24. The zero-order valence-electron chi connectivity index (χ0n) is 30.2. The molecule has 0 radical (unpaired) electrons. The number of carbonyl (C=O) groups is 2. The molecule has 0 heterocycles. The molecule has 0 fully saturated rings. The molecule has 0 rings (SSSR count). The number of unbranched alkanes of at least 4 members (excludes halogenated alkanes) is 8. The highest BCUT2D eigenvalue weighted by Gasteiger charge is 2.15. The number of hydrogen-bond acceptors (Lipinski definition) is 12. The minimum atomic E-state index is -0.474. The second kappa shape index (κ2) is 35.9. The van der Waals surface area contributed by atoms with Gasteiger partial charge in [0, 0.05) is 6.42 Å². The minimum absolute atomic E-state index is 0.139. The quantitative estimate of drug-likeness (QED) is 0.0623. The summed E-state index contributed by atoms with van der Waals surface area (Å²) in [5.41, 5.74) is -0.474. The van der Waals surface area contributed by atoms with Crippen LogP contribution in [-0.2, 0) is 57.0 Å². The molecular formula is C35H68O12. The van der Waals surface area contributed by atoms with Gasteiger partial charge in [0.2, 0.25) is 0 Å². The summed E-state index contributed by atoms with van der Waals surface area (Å²) < 4.78 is 54.0. The van der Waals surface area contributed by atoms with Crippen LogP contribution in [0.5, 0.6) is 0 Å². The summed E-state index contributed by atoms with van der Waals surface area (Å²) in [7, 11) is 0. The molecule has 0 aromatic rings. The molecule has 0 aliphatic heterocycles. The Balaban J connectivity index is 3.16. The van der Waals surface area contributed by atoms with Crippen LogP contribution in [0.2, 0.25) is 0 Å². The smallest absolute Gasteiger partial charge is 0.308 e. The first-order chi connectivity index (χ1) is 22.8. The molecule has 0 saturated heterocycles. The van der Waals surface area contributed by atoms with Crippen molar-refractivity contribution in [2.24, 2.45) is 0 Å². The predicted octanol–water partition coefficient (Wildman–Crippen LogP) is 5.32. The first kappa shape index (κ1) is 45.6. The van der Waals surface area contributed by atoms with Gasteiger partial charge in [-0.15, -0.1) is 0 Å². The van der Waals surface area contributed by atoms with Crippen molar-refractivity contribution in [3.63, 3.8) is 0 Å². The highest BCUT2D eigenvalue weighted by atomic mass is 16.6. The average molecular weight is 681 g/mol. The molecule has 0 spiro atoms. The van der Waals surface area contributed by atoms with Crippen LogP contribution in [0.25, 0.3) is 0 Å². The van der Waals surface area contributed by atoms with Crippen molar-refractivity contribution in [3.05, 3.63) is 0 Å². The molecule has 0 aromatic carbocycles. The summed E-state index contributed by atoms with van der Waals surface area (Å²) in [5.74, 6) is -0.405. The molecule has 12 heteroatoms. The van der Waals surface area contributed by atoms with Crippen molar-refractivity contribution in [2.45, 2.75) is 104 Å². The van der Waals surface area contributed by atoms with Gasteiger partial charge in [-0.05, 0) is 27.2 Å². The molecule has 0 saturated carbocycles. The topological polar surface area (TPSA) is 126 Å². The maximum absolute atomic E-state index is 11.8. The highest BCUT2D eigenvalue weighted by molar-refractivity contribution is 5.70. The summed E-state index contributed by atoms with van der Waals surface area (Å²) in [6.45, 7) is 15.3. The molecule has 0 aromatic heterocycles. The number of esters is 2. The molecule has 0 aliphatic carbocycles. The summed E-state index contributed by atoms with van der Waals surface area (Å²) in [4.78, 5) is 23.3. The first-order valence-electron chi connectivity index (χ1n) is 17.8. The van der Waals surface area contributed by atoms with Gasteiger partial charge >= 0.3 is 11.9 Å². The van der Waals surface area contributed by atoms with Crippen molar-refractivity contribution in [1.29, 1.82) is 0 Å². The Morgan fingerprint density at radius 3 is 1.06 bits per heavy atom. The second-order valence-corrected chi connectivity index (χ2v) is 12.0. The SMILES string of the molecule is CCCCCCCCCCCC(=O)OCCOCCOCCOCCOCCOCCOCCOCCOCCC(=O)OC(C)(C)C. The molecule has 280 valence electrons. The van der Waals surface area contributed by atoms with Crippen LogP contribution in [-0.4, -0.2) is 130 Å². The Morgan fingerprint density at radius 2 is 0.702 bits per heavy atom. The van der Waals surface area contributed by atoms with Gasteiger partial charge < -0.3 is 47.4 Å². The van der Waals surface area contributed by atoms with Gasteiger partial charge in [-0.25, -0.2) is 0 Å². The van der Waals surface area contributed by atoms with Gasteiger partial charge in [-0.2, -0.15) is 0 Å². The molecule has 0 atom stereocenters. The lowest BCUT2D eigenvalue weighted by molar-refractivity contribution is -0.156. The van der Waals surface area contributed by atoms with Crippen LogP contribution >= 0.6 is 0 Å².